The number of nitrogens with one attached hydrogen (secondary N) is 3. The molecule has 3 N–H and O–H groups in total. The van der Waals surface area contributed by atoms with Crippen LogP contribution >= 0.6 is 11.3 Å². The third-order valence-electron chi connectivity index (χ3n) is 3.81. The third-order valence-corrected chi connectivity index (χ3v) is 6.33. The van der Waals surface area contributed by atoms with Crippen LogP contribution in [0.3, 0.4) is 0 Å². The first-order chi connectivity index (χ1) is 13.0. The fourth-order valence-corrected chi connectivity index (χ4v) is 4.06. The van der Waals surface area contributed by atoms with Crippen LogP contribution in [0, 0.1) is 0 Å². The Morgan fingerprint density at radius 1 is 1.19 bits per heavy atom. The van der Waals surface area contributed by atoms with Crippen LogP contribution in [-0.2, 0) is 29.4 Å². The predicted molar refractivity (Wildman–Crippen MR) is 112 cm³/mol. The standard InChI is InChI=1S/C18H27N5O2S2/c1-3-16-14-22-17(26-16)9-10-20-18(19-2)21-11-12-27(24,25)23-13-15-7-5-4-6-8-15/h4-8,14,23H,3,9-13H2,1-2H3,(H2,19,20,21). The minimum atomic E-state index is -3.35. The number of benzene rings is 1. The zero-order valence-electron chi connectivity index (χ0n) is 15.7. The van der Waals surface area contributed by atoms with Crippen molar-refractivity contribution in [3.05, 3.63) is 52.0 Å². The lowest BCUT2D eigenvalue weighted by Gasteiger charge is -2.12. The summed E-state index contributed by atoms with van der Waals surface area (Å²) >= 11 is 1.72. The molecule has 0 atom stereocenters. The van der Waals surface area contributed by atoms with E-state index in [1.54, 1.807) is 18.4 Å². The first-order valence-electron chi connectivity index (χ1n) is 8.91. The zero-order valence-corrected chi connectivity index (χ0v) is 17.4. The Morgan fingerprint density at radius 2 is 1.93 bits per heavy atom. The maximum atomic E-state index is 12.1. The highest BCUT2D eigenvalue weighted by molar-refractivity contribution is 7.89. The molecule has 0 fully saturated rings. The second-order valence-electron chi connectivity index (χ2n) is 5.88. The van der Waals surface area contributed by atoms with E-state index >= 15 is 0 Å². The molecular weight excluding hydrogens is 382 g/mol. The van der Waals surface area contributed by atoms with Crippen LogP contribution in [0.15, 0.2) is 41.5 Å². The maximum Gasteiger partial charge on any atom is 0.213 e. The van der Waals surface area contributed by atoms with E-state index in [1.807, 2.05) is 36.5 Å². The van der Waals surface area contributed by atoms with E-state index in [0.29, 0.717) is 19.0 Å². The molecule has 7 nitrogen and oxygen atoms in total. The van der Waals surface area contributed by atoms with Gasteiger partial charge >= 0.3 is 0 Å². The van der Waals surface area contributed by atoms with Crippen molar-refractivity contribution >= 4 is 27.3 Å². The number of sulfonamides is 1. The zero-order chi connectivity index (χ0) is 19.5. The minimum absolute atomic E-state index is 0.0210. The average Bonchev–Trinajstić information content (AvgIpc) is 3.14. The molecule has 0 aliphatic carbocycles. The molecule has 0 amide bonds. The summed E-state index contributed by atoms with van der Waals surface area (Å²) in [6.07, 6.45) is 3.73. The number of thiazole rings is 1. The highest BCUT2D eigenvalue weighted by Crippen LogP contribution is 2.13. The van der Waals surface area contributed by atoms with Crippen LogP contribution in [-0.4, -0.2) is 45.3 Å². The Bertz CT molecular complexity index is 819. The van der Waals surface area contributed by atoms with Crippen molar-refractivity contribution in [1.29, 1.82) is 0 Å². The summed E-state index contributed by atoms with van der Waals surface area (Å²) < 4.78 is 26.8. The lowest BCUT2D eigenvalue weighted by molar-refractivity contribution is 0.580. The molecule has 27 heavy (non-hydrogen) atoms. The highest BCUT2D eigenvalue weighted by atomic mass is 32.2. The number of aromatic nitrogens is 1. The smallest absolute Gasteiger partial charge is 0.213 e. The molecular formula is C18H27N5O2S2. The summed E-state index contributed by atoms with van der Waals surface area (Å²) in [5.41, 5.74) is 0.930. The van der Waals surface area contributed by atoms with Gasteiger partial charge in [-0.25, -0.2) is 18.1 Å². The Balaban J connectivity index is 1.67. The average molecular weight is 410 g/mol. The van der Waals surface area contributed by atoms with Gasteiger partial charge in [-0.05, 0) is 12.0 Å². The summed E-state index contributed by atoms with van der Waals surface area (Å²) in [5.74, 6) is 0.563. The SMILES string of the molecule is CCc1cnc(CCNC(=NC)NCCS(=O)(=O)NCc2ccccc2)s1. The van der Waals surface area contributed by atoms with Crippen LogP contribution in [0.2, 0.25) is 0 Å². The van der Waals surface area contributed by atoms with Crippen LogP contribution in [0.5, 0.6) is 0 Å². The number of rotatable bonds is 10. The quantitative estimate of drug-likeness (QED) is 0.409. The van der Waals surface area contributed by atoms with Gasteiger partial charge in [0, 0.05) is 44.2 Å². The Kier molecular flexibility index (Phi) is 8.70. The molecule has 0 bridgehead atoms. The fraction of sp³-hybridized carbons (Fsp3) is 0.444. The second kappa shape index (κ2) is 11.0. The van der Waals surface area contributed by atoms with E-state index in [2.05, 4.69) is 32.3 Å². The maximum absolute atomic E-state index is 12.1. The first-order valence-corrected chi connectivity index (χ1v) is 11.4. The number of aryl methyl sites for hydroxylation is 1. The van der Waals surface area contributed by atoms with Gasteiger partial charge < -0.3 is 10.6 Å². The molecule has 0 saturated carbocycles. The number of nitrogens with zero attached hydrogens (tertiary/aromatic N) is 2. The summed E-state index contributed by atoms with van der Waals surface area (Å²) in [6.45, 7) is 3.38. The van der Waals surface area contributed by atoms with Crippen molar-refractivity contribution in [2.45, 2.75) is 26.3 Å². The molecule has 2 rings (SSSR count). The topological polar surface area (TPSA) is 95.5 Å². The molecule has 1 aromatic heterocycles. The Labute approximate surface area is 165 Å². The predicted octanol–water partition coefficient (Wildman–Crippen LogP) is 1.53. The normalized spacial score (nSPS) is 12.1. The molecule has 1 heterocycles. The third kappa shape index (κ3) is 8.06. The highest BCUT2D eigenvalue weighted by Gasteiger charge is 2.10. The van der Waals surface area contributed by atoms with Gasteiger partial charge in [0.2, 0.25) is 10.0 Å². The Hall–Kier alpha value is -1.97. The molecule has 0 spiro atoms. The lowest BCUT2D eigenvalue weighted by atomic mass is 10.2. The van der Waals surface area contributed by atoms with Gasteiger partial charge in [0.25, 0.3) is 0 Å². The summed E-state index contributed by atoms with van der Waals surface area (Å²) in [4.78, 5) is 9.77. The van der Waals surface area contributed by atoms with Gasteiger partial charge in [-0.15, -0.1) is 11.3 Å². The second-order valence-corrected chi connectivity index (χ2v) is 9.00. The van der Waals surface area contributed by atoms with Gasteiger partial charge in [0.05, 0.1) is 10.8 Å². The summed E-state index contributed by atoms with van der Waals surface area (Å²) in [5, 5.41) is 7.29. The molecule has 0 unspecified atom stereocenters. The molecule has 148 valence electrons. The van der Waals surface area contributed by atoms with Gasteiger partial charge in [0.1, 0.15) is 0 Å². The van der Waals surface area contributed by atoms with Crippen LogP contribution < -0.4 is 15.4 Å². The summed E-state index contributed by atoms with van der Waals surface area (Å²) in [7, 11) is -1.69. The number of aliphatic imine (C=N–C) groups is 1. The fourth-order valence-electron chi connectivity index (χ4n) is 2.30. The molecule has 0 aliphatic heterocycles. The van der Waals surface area contributed by atoms with Crippen LogP contribution in [0.25, 0.3) is 0 Å². The van der Waals surface area contributed by atoms with Crippen molar-refractivity contribution in [3.8, 4) is 0 Å². The van der Waals surface area contributed by atoms with E-state index in [1.165, 1.54) is 4.88 Å². The van der Waals surface area contributed by atoms with E-state index in [9.17, 15) is 8.42 Å². The minimum Gasteiger partial charge on any atom is -0.356 e. The number of hydrogen-bond donors (Lipinski definition) is 3. The number of guanidine groups is 1. The van der Waals surface area contributed by atoms with E-state index in [0.717, 1.165) is 23.4 Å². The Morgan fingerprint density at radius 3 is 2.59 bits per heavy atom. The van der Waals surface area contributed by atoms with Crippen LogP contribution in [0.4, 0.5) is 0 Å². The first kappa shape index (κ1) is 21.3. The van der Waals surface area contributed by atoms with E-state index in [-0.39, 0.29) is 12.3 Å². The molecule has 2 aromatic rings. The van der Waals surface area contributed by atoms with Gasteiger partial charge in [-0.3, -0.25) is 4.99 Å². The number of hydrogen-bond acceptors (Lipinski definition) is 5. The van der Waals surface area contributed by atoms with Gasteiger partial charge in [-0.2, -0.15) is 0 Å². The summed E-state index contributed by atoms with van der Waals surface area (Å²) in [6, 6.07) is 9.44. The largest absolute Gasteiger partial charge is 0.356 e. The van der Waals surface area contributed by atoms with Crippen molar-refractivity contribution in [1.82, 2.24) is 20.3 Å². The van der Waals surface area contributed by atoms with Crippen molar-refractivity contribution in [2.75, 3.05) is 25.9 Å². The molecule has 9 heteroatoms. The van der Waals surface area contributed by atoms with Gasteiger partial charge in [0.15, 0.2) is 5.96 Å². The monoisotopic (exact) mass is 409 g/mol. The van der Waals surface area contributed by atoms with Crippen LogP contribution in [0.1, 0.15) is 22.4 Å². The van der Waals surface area contributed by atoms with Gasteiger partial charge in [-0.1, -0.05) is 37.3 Å². The molecule has 1 aromatic carbocycles. The van der Waals surface area contributed by atoms with Crippen molar-refractivity contribution in [2.24, 2.45) is 4.99 Å². The van der Waals surface area contributed by atoms with Crippen molar-refractivity contribution < 1.29 is 8.42 Å². The van der Waals surface area contributed by atoms with E-state index < -0.39 is 10.0 Å². The molecule has 0 aliphatic rings. The molecule has 0 saturated heterocycles. The lowest BCUT2D eigenvalue weighted by Crippen LogP contribution is -2.41. The van der Waals surface area contributed by atoms with E-state index in [4.69, 9.17) is 0 Å². The molecule has 0 radical (unpaired) electrons. The van der Waals surface area contributed by atoms with Crippen molar-refractivity contribution in [3.63, 3.8) is 0 Å².